The Balaban J connectivity index is 1.39. The standard InChI is InChI=1S/C25H27N3O2/c1-3-18-6-8-19(9-7-18)24(29)27-15-12-25(13-16-27)23-5-4-14-28(23)22-11-10-20(30-2)17-21(22)26-25/h4-11,14,17,26H,3,12-13,15-16H2,1-2H3. The molecule has 5 rings (SSSR count). The number of aryl methyl sites for hydroxylation is 1. The van der Waals surface area contributed by atoms with Crippen molar-refractivity contribution in [2.45, 2.75) is 31.7 Å². The summed E-state index contributed by atoms with van der Waals surface area (Å²) in [7, 11) is 1.69. The molecule has 1 N–H and O–H groups in total. The number of ether oxygens (including phenoxy) is 1. The van der Waals surface area contributed by atoms with E-state index in [2.05, 4.69) is 59.4 Å². The highest BCUT2D eigenvalue weighted by Gasteiger charge is 2.42. The van der Waals surface area contributed by atoms with Crippen molar-refractivity contribution in [3.8, 4) is 11.4 Å². The van der Waals surface area contributed by atoms with E-state index < -0.39 is 0 Å². The maximum atomic E-state index is 13.0. The van der Waals surface area contributed by atoms with Crippen molar-refractivity contribution in [1.82, 2.24) is 9.47 Å². The summed E-state index contributed by atoms with van der Waals surface area (Å²) in [6.07, 6.45) is 4.84. The van der Waals surface area contributed by atoms with Crippen LogP contribution in [0.5, 0.6) is 5.75 Å². The van der Waals surface area contributed by atoms with Gasteiger partial charge in [0, 0.05) is 36.6 Å². The van der Waals surface area contributed by atoms with Crippen molar-refractivity contribution in [3.63, 3.8) is 0 Å². The lowest BCUT2D eigenvalue weighted by Crippen LogP contribution is -2.51. The van der Waals surface area contributed by atoms with E-state index in [9.17, 15) is 4.79 Å². The molecular weight excluding hydrogens is 374 g/mol. The molecule has 2 aromatic carbocycles. The Morgan fingerprint density at radius 1 is 1.10 bits per heavy atom. The predicted octanol–water partition coefficient (Wildman–Crippen LogP) is 4.61. The molecule has 0 bridgehead atoms. The number of aromatic nitrogens is 1. The first-order chi connectivity index (χ1) is 14.6. The van der Waals surface area contributed by atoms with E-state index in [1.54, 1.807) is 7.11 Å². The van der Waals surface area contributed by atoms with Gasteiger partial charge in [-0.1, -0.05) is 19.1 Å². The van der Waals surface area contributed by atoms with E-state index in [-0.39, 0.29) is 11.4 Å². The Bertz CT molecular complexity index is 1080. The van der Waals surface area contributed by atoms with Gasteiger partial charge in [0.1, 0.15) is 5.75 Å². The second-order valence-electron chi connectivity index (χ2n) is 8.20. The van der Waals surface area contributed by atoms with Crippen molar-refractivity contribution >= 4 is 11.6 Å². The number of anilines is 1. The third-order valence-corrected chi connectivity index (χ3v) is 6.59. The van der Waals surface area contributed by atoms with Crippen LogP contribution in [0.3, 0.4) is 0 Å². The van der Waals surface area contributed by atoms with Crippen LogP contribution < -0.4 is 10.1 Å². The maximum absolute atomic E-state index is 13.0. The first-order valence-corrected chi connectivity index (χ1v) is 10.7. The fraction of sp³-hybridized carbons (Fsp3) is 0.320. The molecule has 3 aromatic rings. The normalized spacial score (nSPS) is 16.5. The summed E-state index contributed by atoms with van der Waals surface area (Å²) in [5, 5.41) is 3.80. The van der Waals surface area contributed by atoms with Gasteiger partial charge in [-0.3, -0.25) is 4.79 Å². The molecular formula is C25H27N3O2. The second-order valence-corrected chi connectivity index (χ2v) is 8.20. The molecule has 2 aliphatic rings. The van der Waals surface area contributed by atoms with Crippen LogP contribution in [0, 0.1) is 0 Å². The smallest absolute Gasteiger partial charge is 0.253 e. The molecule has 0 atom stereocenters. The average molecular weight is 402 g/mol. The van der Waals surface area contributed by atoms with E-state index in [1.807, 2.05) is 23.1 Å². The fourth-order valence-electron chi connectivity index (χ4n) is 4.79. The van der Waals surface area contributed by atoms with Crippen molar-refractivity contribution < 1.29 is 9.53 Å². The lowest BCUT2D eigenvalue weighted by molar-refractivity contribution is 0.0676. The second kappa shape index (κ2) is 7.24. The minimum atomic E-state index is -0.175. The number of carbonyl (C=O) groups excluding carboxylic acids is 1. The molecule has 5 heteroatoms. The Morgan fingerprint density at radius 2 is 1.87 bits per heavy atom. The van der Waals surface area contributed by atoms with Gasteiger partial charge >= 0.3 is 0 Å². The lowest BCUT2D eigenvalue weighted by Gasteiger charge is -2.46. The largest absolute Gasteiger partial charge is 0.497 e. The van der Waals surface area contributed by atoms with E-state index in [0.29, 0.717) is 0 Å². The lowest BCUT2D eigenvalue weighted by atomic mass is 9.82. The molecule has 0 radical (unpaired) electrons. The minimum absolute atomic E-state index is 0.126. The van der Waals surface area contributed by atoms with Crippen LogP contribution >= 0.6 is 0 Å². The highest BCUT2D eigenvalue weighted by Crippen LogP contribution is 2.44. The van der Waals surface area contributed by atoms with Gasteiger partial charge in [0.15, 0.2) is 0 Å². The fourth-order valence-corrected chi connectivity index (χ4v) is 4.79. The Kier molecular flexibility index (Phi) is 4.54. The summed E-state index contributed by atoms with van der Waals surface area (Å²) in [6, 6.07) is 18.5. The van der Waals surface area contributed by atoms with Crippen molar-refractivity contribution in [2.75, 3.05) is 25.5 Å². The predicted molar refractivity (Wildman–Crippen MR) is 119 cm³/mol. The van der Waals surface area contributed by atoms with Crippen LogP contribution in [0.4, 0.5) is 5.69 Å². The zero-order valence-electron chi connectivity index (χ0n) is 17.5. The van der Waals surface area contributed by atoms with Gasteiger partial charge < -0.3 is 19.5 Å². The van der Waals surface area contributed by atoms with Gasteiger partial charge in [0.2, 0.25) is 0 Å². The maximum Gasteiger partial charge on any atom is 0.253 e. The number of methoxy groups -OCH3 is 1. The summed E-state index contributed by atoms with van der Waals surface area (Å²) >= 11 is 0. The quantitative estimate of drug-likeness (QED) is 0.697. The van der Waals surface area contributed by atoms with Crippen LogP contribution in [0.2, 0.25) is 0 Å². The van der Waals surface area contributed by atoms with Gasteiger partial charge in [-0.25, -0.2) is 0 Å². The van der Waals surface area contributed by atoms with E-state index in [4.69, 9.17) is 4.74 Å². The monoisotopic (exact) mass is 401 g/mol. The minimum Gasteiger partial charge on any atom is -0.497 e. The summed E-state index contributed by atoms with van der Waals surface area (Å²) in [5.74, 6) is 0.968. The van der Waals surface area contributed by atoms with Crippen molar-refractivity contribution in [2.24, 2.45) is 0 Å². The molecule has 1 spiro atoms. The number of rotatable bonds is 3. The third-order valence-electron chi connectivity index (χ3n) is 6.59. The van der Waals surface area contributed by atoms with Crippen LogP contribution in [-0.2, 0) is 12.0 Å². The summed E-state index contributed by atoms with van der Waals surface area (Å²) in [6.45, 7) is 3.58. The summed E-state index contributed by atoms with van der Waals surface area (Å²) in [5.41, 5.74) is 5.33. The highest BCUT2D eigenvalue weighted by atomic mass is 16.5. The van der Waals surface area contributed by atoms with Crippen LogP contribution in [0.15, 0.2) is 60.8 Å². The van der Waals surface area contributed by atoms with Crippen molar-refractivity contribution in [1.29, 1.82) is 0 Å². The van der Waals surface area contributed by atoms with E-state index in [0.717, 1.165) is 55.0 Å². The zero-order chi connectivity index (χ0) is 20.7. The third kappa shape index (κ3) is 2.96. The topological polar surface area (TPSA) is 46.5 Å². The molecule has 3 heterocycles. The van der Waals surface area contributed by atoms with Gasteiger partial charge in [0.25, 0.3) is 5.91 Å². The number of amides is 1. The van der Waals surface area contributed by atoms with Gasteiger partial charge in [0.05, 0.1) is 24.0 Å². The molecule has 0 saturated carbocycles. The highest BCUT2D eigenvalue weighted by molar-refractivity contribution is 5.94. The molecule has 1 saturated heterocycles. The molecule has 1 amide bonds. The van der Waals surface area contributed by atoms with Gasteiger partial charge in [-0.15, -0.1) is 0 Å². The number of fused-ring (bicyclic) bond motifs is 4. The van der Waals surface area contributed by atoms with Gasteiger partial charge in [-0.05, 0) is 61.2 Å². The number of nitrogens with one attached hydrogen (secondary N) is 1. The number of carbonyl (C=O) groups is 1. The number of hydrogen-bond donors (Lipinski definition) is 1. The number of likely N-dealkylation sites (tertiary alicyclic amines) is 1. The number of piperidine rings is 1. The van der Waals surface area contributed by atoms with E-state index in [1.165, 1.54) is 11.3 Å². The molecule has 30 heavy (non-hydrogen) atoms. The molecule has 0 aliphatic carbocycles. The summed E-state index contributed by atoms with van der Waals surface area (Å²) < 4.78 is 7.71. The van der Waals surface area contributed by atoms with Crippen LogP contribution in [-0.4, -0.2) is 35.6 Å². The molecule has 154 valence electrons. The number of benzene rings is 2. The first kappa shape index (κ1) is 18.8. The first-order valence-electron chi connectivity index (χ1n) is 10.7. The van der Waals surface area contributed by atoms with Crippen molar-refractivity contribution in [3.05, 3.63) is 77.6 Å². The zero-order valence-corrected chi connectivity index (χ0v) is 17.5. The molecule has 1 aromatic heterocycles. The molecule has 0 unspecified atom stereocenters. The number of nitrogens with zero attached hydrogens (tertiary/aromatic N) is 2. The SMILES string of the molecule is CCc1ccc(C(=O)N2CCC3(CC2)Nc2cc(OC)ccc2-n2cccc23)cc1. The molecule has 5 nitrogen and oxygen atoms in total. The Morgan fingerprint density at radius 3 is 2.57 bits per heavy atom. The molecule has 2 aliphatic heterocycles. The summed E-state index contributed by atoms with van der Waals surface area (Å²) in [4.78, 5) is 15.0. The Hall–Kier alpha value is -3.21. The van der Waals surface area contributed by atoms with Gasteiger partial charge in [-0.2, -0.15) is 0 Å². The van der Waals surface area contributed by atoms with Crippen LogP contribution in [0.1, 0.15) is 41.4 Å². The van der Waals surface area contributed by atoms with E-state index >= 15 is 0 Å². The molecule has 1 fully saturated rings. The van der Waals surface area contributed by atoms with Crippen LogP contribution in [0.25, 0.3) is 5.69 Å². The average Bonchev–Trinajstić information content (AvgIpc) is 3.30. The Labute approximate surface area is 177 Å². The number of hydrogen-bond acceptors (Lipinski definition) is 3.